The summed E-state index contributed by atoms with van der Waals surface area (Å²) >= 11 is 0. The fourth-order valence-corrected chi connectivity index (χ4v) is 5.84. The number of amides is 2. The lowest BCUT2D eigenvalue weighted by Gasteiger charge is -2.29. The van der Waals surface area contributed by atoms with Crippen molar-refractivity contribution in [3.05, 3.63) is 65.2 Å². The van der Waals surface area contributed by atoms with Crippen molar-refractivity contribution in [2.45, 2.75) is 50.0 Å². The monoisotopic (exact) mass is 475 g/mol. The van der Waals surface area contributed by atoms with Crippen LogP contribution in [-0.4, -0.2) is 46.0 Å². The molecule has 1 saturated carbocycles. The van der Waals surface area contributed by atoms with Gasteiger partial charge >= 0.3 is 0 Å². The normalized spacial score (nSPS) is 21.5. The van der Waals surface area contributed by atoms with Gasteiger partial charge in [-0.3, -0.25) is 14.3 Å². The van der Waals surface area contributed by atoms with Crippen molar-refractivity contribution in [1.82, 2.24) is 20.3 Å². The molecule has 3 aliphatic rings. The number of hydrogen-bond donors (Lipinski definition) is 2. The minimum Gasteiger partial charge on any atom is -0.381 e. The maximum absolute atomic E-state index is 13.8. The van der Waals surface area contributed by atoms with Gasteiger partial charge in [0.15, 0.2) is 5.82 Å². The first-order valence-corrected chi connectivity index (χ1v) is 12.3. The molecule has 2 aromatic heterocycles. The van der Waals surface area contributed by atoms with Crippen LogP contribution in [0.2, 0.25) is 0 Å². The number of aromatic nitrogens is 3. The topological polar surface area (TPSA) is 111 Å². The first-order chi connectivity index (χ1) is 17.0. The van der Waals surface area contributed by atoms with E-state index in [1.54, 1.807) is 25.4 Å². The summed E-state index contributed by atoms with van der Waals surface area (Å²) < 4.78 is 12.5. The maximum atomic E-state index is 13.8. The van der Waals surface area contributed by atoms with Crippen LogP contribution in [0.3, 0.4) is 0 Å². The van der Waals surface area contributed by atoms with Gasteiger partial charge in [-0.25, -0.2) is 0 Å². The molecule has 35 heavy (non-hydrogen) atoms. The minimum atomic E-state index is -0.758. The smallest absolute Gasteiger partial charge is 0.270 e. The summed E-state index contributed by atoms with van der Waals surface area (Å²) in [7, 11) is 1.71. The average molecular weight is 476 g/mol. The zero-order valence-corrected chi connectivity index (χ0v) is 19.7. The van der Waals surface area contributed by atoms with E-state index in [1.807, 2.05) is 12.1 Å². The SMILES string of the molecule is Cn1nccc1C(=O)NC(C(=O)Nc1cc(C2CCOCC2)on1)C1c2ccccc2CC12CC2. The molecule has 2 amide bonds. The molecule has 9 nitrogen and oxygen atoms in total. The van der Waals surface area contributed by atoms with Crippen LogP contribution in [0.15, 0.2) is 47.1 Å². The molecular weight excluding hydrogens is 446 g/mol. The number of anilines is 1. The fourth-order valence-electron chi connectivity index (χ4n) is 5.84. The minimum absolute atomic E-state index is 0.00249. The third-order valence-corrected chi connectivity index (χ3v) is 7.84. The summed E-state index contributed by atoms with van der Waals surface area (Å²) in [6.07, 6.45) is 6.31. The van der Waals surface area contributed by atoms with Crippen LogP contribution in [0.5, 0.6) is 0 Å². The predicted octanol–water partition coefficient (Wildman–Crippen LogP) is 3.16. The zero-order chi connectivity index (χ0) is 24.0. The molecule has 2 N–H and O–H groups in total. The highest BCUT2D eigenvalue weighted by Crippen LogP contribution is 2.64. The number of carbonyl (C=O) groups is 2. The molecule has 9 heteroatoms. The van der Waals surface area contributed by atoms with Crippen LogP contribution in [0.1, 0.15) is 64.9 Å². The standard InChI is InChI=1S/C26H29N5O4/c1-31-19(6-11-27-31)24(32)29-23(22-18-5-3-2-4-17(18)15-26(22)9-10-26)25(33)28-21-14-20(35-30-21)16-7-12-34-13-8-16/h2-6,11,14,16,22-23H,7-10,12-13,15H2,1H3,(H,29,32)(H,28,30,33). The number of nitrogens with one attached hydrogen (secondary N) is 2. The van der Waals surface area contributed by atoms with Gasteiger partial charge in [0.2, 0.25) is 5.91 Å². The molecule has 2 atom stereocenters. The molecule has 1 aliphatic heterocycles. The molecule has 2 fully saturated rings. The van der Waals surface area contributed by atoms with Crippen molar-refractivity contribution >= 4 is 17.6 Å². The summed E-state index contributed by atoms with van der Waals surface area (Å²) in [6, 6.07) is 10.9. The van der Waals surface area contributed by atoms with Crippen molar-refractivity contribution in [3.63, 3.8) is 0 Å². The van der Waals surface area contributed by atoms with Gasteiger partial charge in [0, 0.05) is 44.4 Å². The Morgan fingerprint density at radius 1 is 1.17 bits per heavy atom. The van der Waals surface area contributed by atoms with Crippen molar-refractivity contribution in [1.29, 1.82) is 0 Å². The Morgan fingerprint density at radius 2 is 1.97 bits per heavy atom. The predicted molar refractivity (Wildman–Crippen MR) is 127 cm³/mol. The van der Waals surface area contributed by atoms with Crippen LogP contribution >= 0.6 is 0 Å². The molecular formula is C26H29N5O4. The van der Waals surface area contributed by atoms with E-state index < -0.39 is 6.04 Å². The van der Waals surface area contributed by atoms with E-state index in [0.717, 1.165) is 43.4 Å². The Morgan fingerprint density at radius 3 is 2.71 bits per heavy atom. The summed E-state index contributed by atoms with van der Waals surface area (Å²) in [5.41, 5.74) is 2.80. The third-order valence-electron chi connectivity index (χ3n) is 7.84. The summed E-state index contributed by atoms with van der Waals surface area (Å²) in [4.78, 5) is 27.0. The molecule has 182 valence electrons. The van der Waals surface area contributed by atoms with Crippen LogP contribution in [-0.2, 0) is 23.0 Å². The Labute approximate surface area is 203 Å². The molecule has 0 bridgehead atoms. The Balaban J connectivity index is 1.29. The van der Waals surface area contributed by atoms with Crippen LogP contribution in [0.25, 0.3) is 0 Å². The molecule has 1 saturated heterocycles. The van der Waals surface area contributed by atoms with Gasteiger partial charge in [0.1, 0.15) is 17.5 Å². The highest BCUT2D eigenvalue weighted by atomic mass is 16.5. The van der Waals surface area contributed by atoms with Gasteiger partial charge < -0.3 is 19.9 Å². The molecule has 2 aliphatic carbocycles. The molecule has 0 radical (unpaired) electrons. The number of aryl methyl sites for hydroxylation is 1. The second kappa shape index (κ2) is 8.64. The largest absolute Gasteiger partial charge is 0.381 e. The fraction of sp³-hybridized carbons (Fsp3) is 0.462. The summed E-state index contributed by atoms with van der Waals surface area (Å²) in [5, 5.41) is 14.2. The van der Waals surface area contributed by atoms with E-state index in [2.05, 4.69) is 33.0 Å². The van der Waals surface area contributed by atoms with Crippen LogP contribution in [0, 0.1) is 5.41 Å². The van der Waals surface area contributed by atoms with Crippen molar-refractivity contribution < 1.29 is 18.8 Å². The first kappa shape index (κ1) is 22.0. The Kier molecular flexibility index (Phi) is 5.44. The summed E-state index contributed by atoms with van der Waals surface area (Å²) in [5.74, 6) is 0.626. The lowest BCUT2D eigenvalue weighted by atomic mass is 9.82. The van der Waals surface area contributed by atoms with E-state index in [4.69, 9.17) is 9.26 Å². The second-order valence-corrected chi connectivity index (χ2v) is 10.00. The molecule has 2 unspecified atom stereocenters. The van der Waals surface area contributed by atoms with Gasteiger partial charge in [0.05, 0.1) is 0 Å². The van der Waals surface area contributed by atoms with Gasteiger partial charge in [-0.2, -0.15) is 5.10 Å². The molecule has 3 aromatic rings. The number of carbonyl (C=O) groups excluding carboxylic acids is 2. The zero-order valence-electron chi connectivity index (χ0n) is 19.7. The van der Waals surface area contributed by atoms with E-state index in [0.29, 0.717) is 24.7 Å². The lowest BCUT2D eigenvalue weighted by molar-refractivity contribution is -0.119. The molecule has 1 aromatic carbocycles. The second-order valence-electron chi connectivity index (χ2n) is 10.00. The summed E-state index contributed by atoms with van der Waals surface area (Å²) in [6.45, 7) is 1.39. The Bertz CT molecular complexity index is 1250. The van der Waals surface area contributed by atoms with Gasteiger partial charge in [0.25, 0.3) is 5.91 Å². The lowest BCUT2D eigenvalue weighted by Crippen LogP contribution is -2.49. The maximum Gasteiger partial charge on any atom is 0.270 e. The quantitative estimate of drug-likeness (QED) is 0.567. The number of fused-ring (bicyclic) bond motifs is 1. The van der Waals surface area contributed by atoms with Crippen LogP contribution < -0.4 is 10.6 Å². The third kappa shape index (κ3) is 4.03. The number of rotatable bonds is 6. The first-order valence-electron chi connectivity index (χ1n) is 12.3. The highest BCUT2D eigenvalue weighted by Gasteiger charge is 2.58. The highest BCUT2D eigenvalue weighted by molar-refractivity contribution is 6.01. The number of ether oxygens (including phenoxy) is 1. The van der Waals surface area contributed by atoms with Crippen molar-refractivity contribution in [2.75, 3.05) is 18.5 Å². The van der Waals surface area contributed by atoms with Crippen molar-refractivity contribution in [2.24, 2.45) is 12.5 Å². The van der Waals surface area contributed by atoms with E-state index in [1.165, 1.54) is 10.2 Å². The van der Waals surface area contributed by atoms with E-state index in [-0.39, 0.29) is 29.1 Å². The van der Waals surface area contributed by atoms with Gasteiger partial charge in [-0.15, -0.1) is 0 Å². The van der Waals surface area contributed by atoms with Crippen LogP contribution in [0.4, 0.5) is 5.82 Å². The number of nitrogens with zero attached hydrogens (tertiary/aromatic N) is 3. The van der Waals surface area contributed by atoms with E-state index in [9.17, 15) is 9.59 Å². The van der Waals surface area contributed by atoms with Gasteiger partial charge in [-0.1, -0.05) is 29.4 Å². The van der Waals surface area contributed by atoms with E-state index >= 15 is 0 Å². The Hall–Kier alpha value is -3.46. The average Bonchev–Trinajstić information content (AvgIpc) is 3.19. The van der Waals surface area contributed by atoms with Gasteiger partial charge in [-0.05, 0) is 54.7 Å². The molecule has 3 heterocycles. The number of hydrogen-bond acceptors (Lipinski definition) is 6. The number of benzene rings is 1. The molecule has 1 spiro atoms. The molecule has 6 rings (SSSR count). The van der Waals surface area contributed by atoms with Crippen molar-refractivity contribution in [3.8, 4) is 0 Å².